The molecule has 102 valence electrons. The van der Waals surface area contributed by atoms with Crippen LogP contribution in [-0.4, -0.2) is 35.1 Å². The van der Waals surface area contributed by atoms with Crippen molar-refractivity contribution in [3.8, 4) is 5.75 Å². The van der Waals surface area contributed by atoms with Crippen molar-refractivity contribution in [3.05, 3.63) is 35.7 Å². The molecule has 0 saturated carbocycles. The van der Waals surface area contributed by atoms with Crippen molar-refractivity contribution in [2.75, 3.05) is 19.9 Å². The third-order valence-electron chi connectivity index (χ3n) is 2.80. The summed E-state index contributed by atoms with van der Waals surface area (Å²) < 4.78 is 5.25. The van der Waals surface area contributed by atoms with Crippen molar-refractivity contribution in [1.29, 1.82) is 0 Å². The van der Waals surface area contributed by atoms with Crippen LogP contribution in [0, 0.1) is 6.92 Å². The zero-order chi connectivity index (χ0) is 13.7. The van der Waals surface area contributed by atoms with E-state index in [9.17, 15) is 0 Å². The van der Waals surface area contributed by atoms with Gasteiger partial charge >= 0.3 is 0 Å². The number of H-pyrrole nitrogens is 1. The Kier molecular flexibility index (Phi) is 4.81. The highest BCUT2D eigenvalue weighted by atomic mass is 32.2. The number of nitrogens with one attached hydrogen (secondary N) is 2. The second kappa shape index (κ2) is 6.58. The number of hydrogen-bond donors (Lipinski definition) is 2. The molecule has 2 rings (SSSR count). The molecule has 1 aromatic carbocycles. The normalized spacial score (nSPS) is 12.4. The van der Waals surface area contributed by atoms with Crippen LogP contribution in [0.5, 0.6) is 5.75 Å². The second-order valence-corrected chi connectivity index (χ2v) is 5.12. The van der Waals surface area contributed by atoms with Gasteiger partial charge in [0.2, 0.25) is 5.16 Å². The number of aromatic nitrogens is 3. The summed E-state index contributed by atoms with van der Waals surface area (Å²) in [5.74, 6) is 2.57. The SMILES string of the molecule is CNC(CSc1n[nH]c(C)n1)c1cccc(OC)c1. The van der Waals surface area contributed by atoms with Gasteiger partial charge in [0.05, 0.1) is 7.11 Å². The van der Waals surface area contributed by atoms with Gasteiger partial charge in [0.25, 0.3) is 0 Å². The number of ether oxygens (including phenoxy) is 1. The van der Waals surface area contributed by atoms with E-state index in [0.29, 0.717) is 0 Å². The van der Waals surface area contributed by atoms with Gasteiger partial charge < -0.3 is 10.1 Å². The Hall–Kier alpha value is -1.53. The Labute approximate surface area is 117 Å². The van der Waals surface area contributed by atoms with E-state index in [1.165, 1.54) is 5.56 Å². The van der Waals surface area contributed by atoms with Crippen LogP contribution in [0.25, 0.3) is 0 Å². The molecule has 19 heavy (non-hydrogen) atoms. The minimum absolute atomic E-state index is 0.235. The van der Waals surface area contributed by atoms with Crippen LogP contribution in [0.4, 0.5) is 0 Å². The molecule has 0 fully saturated rings. The Balaban J connectivity index is 2.02. The summed E-state index contributed by atoms with van der Waals surface area (Å²) in [5, 5.41) is 11.1. The molecule has 0 aliphatic carbocycles. The summed E-state index contributed by atoms with van der Waals surface area (Å²) >= 11 is 1.63. The zero-order valence-electron chi connectivity index (χ0n) is 11.3. The minimum Gasteiger partial charge on any atom is -0.497 e. The number of aryl methyl sites for hydroxylation is 1. The number of rotatable bonds is 6. The van der Waals surface area contributed by atoms with E-state index in [1.54, 1.807) is 18.9 Å². The first-order valence-electron chi connectivity index (χ1n) is 6.06. The molecule has 1 heterocycles. The number of methoxy groups -OCH3 is 1. The van der Waals surface area contributed by atoms with Crippen molar-refractivity contribution in [2.45, 2.75) is 18.1 Å². The molecule has 0 spiro atoms. The summed E-state index contributed by atoms with van der Waals surface area (Å²) in [6, 6.07) is 8.32. The first-order valence-corrected chi connectivity index (χ1v) is 7.04. The van der Waals surface area contributed by atoms with Gasteiger partial charge in [-0.05, 0) is 31.7 Å². The van der Waals surface area contributed by atoms with Crippen LogP contribution in [0.15, 0.2) is 29.4 Å². The van der Waals surface area contributed by atoms with Crippen LogP contribution >= 0.6 is 11.8 Å². The average molecular weight is 278 g/mol. The van der Waals surface area contributed by atoms with Gasteiger partial charge in [0.1, 0.15) is 11.6 Å². The van der Waals surface area contributed by atoms with E-state index >= 15 is 0 Å². The summed E-state index contributed by atoms with van der Waals surface area (Å²) in [4.78, 5) is 4.29. The monoisotopic (exact) mass is 278 g/mol. The van der Waals surface area contributed by atoms with Crippen LogP contribution in [-0.2, 0) is 0 Å². The van der Waals surface area contributed by atoms with E-state index in [-0.39, 0.29) is 6.04 Å². The molecule has 5 nitrogen and oxygen atoms in total. The fourth-order valence-electron chi connectivity index (χ4n) is 1.75. The number of nitrogens with zero attached hydrogens (tertiary/aromatic N) is 2. The molecule has 1 aromatic heterocycles. The summed E-state index contributed by atoms with van der Waals surface area (Å²) in [6.07, 6.45) is 0. The molecule has 6 heteroatoms. The number of hydrogen-bond acceptors (Lipinski definition) is 5. The lowest BCUT2D eigenvalue weighted by molar-refractivity contribution is 0.413. The van der Waals surface area contributed by atoms with Crippen LogP contribution < -0.4 is 10.1 Å². The first-order chi connectivity index (χ1) is 9.22. The van der Waals surface area contributed by atoms with Crippen LogP contribution in [0.3, 0.4) is 0 Å². The molecule has 1 atom stereocenters. The quantitative estimate of drug-likeness (QED) is 0.793. The van der Waals surface area contributed by atoms with Crippen molar-refractivity contribution in [3.63, 3.8) is 0 Å². The Morgan fingerprint density at radius 2 is 2.32 bits per heavy atom. The van der Waals surface area contributed by atoms with Gasteiger partial charge in [-0.3, -0.25) is 5.10 Å². The molecule has 0 amide bonds. The van der Waals surface area contributed by atoms with Gasteiger partial charge in [0.15, 0.2) is 0 Å². The van der Waals surface area contributed by atoms with Crippen molar-refractivity contribution in [1.82, 2.24) is 20.5 Å². The topological polar surface area (TPSA) is 62.8 Å². The summed E-state index contributed by atoms with van der Waals surface area (Å²) in [5.41, 5.74) is 1.20. The largest absolute Gasteiger partial charge is 0.497 e. The third kappa shape index (κ3) is 3.71. The maximum Gasteiger partial charge on any atom is 0.208 e. The zero-order valence-corrected chi connectivity index (χ0v) is 12.1. The smallest absolute Gasteiger partial charge is 0.208 e. The van der Waals surface area contributed by atoms with E-state index < -0.39 is 0 Å². The highest BCUT2D eigenvalue weighted by molar-refractivity contribution is 7.99. The highest BCUT2D eigenvalue weighted by Gasteiger charge is 2.12. The highest BCUT2D eigenvalue weighted by Crippen LogP contribution is 2.24. The molecule has 1 unspecified atom stereocenters. The number of thioether (sulfide) groups is 1. The second-order valence-electron chi connectivity index (χ2n) is 4.13. The van der Waals surface area contributed by atoms with Gasteiger partial charge in [0, 0.05) is 11.8 Å². The van der Waals surface area contributed by atoms with E-state index in [4.69, 9.17) is 4.74 Å². The van der Waals surface area contributed by atoms with E-state index in [1.807, 2.05) is 32.2 Å². The molecule has 0 radical (unpaired) electrons. The molecule has 0 aliphatic heterocycles. The third-order valence-corrected chi connectivity index (χ3v) is 3.74. The van der Waals surface area contributed by atoms with Gasteiger partial charge in [-0.2, -0.15) is 0 Å². The number of benzene rings is 1. The Morgan fingerprint density at radius 3 is 2.95 bits per heavy atom. The molecule has 0 bridgehead atoms. The van der Waals surface area contributed by atoms with Crippen molar-refractivity contribution < 1.29 is 4.74 Å². The van der Waals surface area contributed by atoms with Crippen LogP contribution in [0.1, 0.15) is 17.4 Å². The van der Waals surface area contributed by atoms with E-state index in [0.717, 1.165) is 22.5 Å². The maximum atomic E-state index is 5.25. The predicted octanol–water partition coefficient (Wildman–Crippen LogP) is 2.17. The molecule has 0 aliphatic rings. The minimum atomic E-state index is 0.235. The molecular formula is C13H18N4OS. The van der Waals surface area contributed by atoms with Gasteiger partial charge in [-0.1, -0.05) is 23.9 Å². The Morgan fingerprint density at radius 1 is 1.47 bits per heavy atom. The lowest BCUT2D eigenvalue weighted by atomic mass is 10.1. The molecular weight excluding hydrogens is 260 g/mol. The first kappa shape index (κ1) is 13.9. The molecule has 2 N–H and O–H groups in total. The van der Waals surface area contributed by atoms with Crippen molar-refractivity contribution >= 4 is 11.8 Å². The van der Waals surface area contributed by atoms with Gasteiger partial charge in [-0.25, -0.2) is 4.98 Å². The fourth-order valence-corrected chi connectivity index (χ4v) is 2.74. The number of aromatic amines is 1. The summed E-state index contributed by atoms with van der Waals surface area (Å²) in [6.45, 7) is 1.90. The molecule has 0 saturated heterocycles. The fraction of sp³-hybridized carbons (Fsp3) is 0.385. The van der Waals surface area contributed by atoms with Crippen molar-refractivity contribution in [2.24, 2.45) is 0 Å². The summed E-state index contributed by atoms with van der Waals surface area (Å²) in [7, 11) is 3.63. The maximum absolute atomic E-state index is 5.25. The standard InChI is InChI=1S/C13H18N4OS/c1-9-15-13(17-16-9)19-8-12(14-2)10-5-4-6-11(7-10)18-3/h4-7,12,14H,8H2,1-3H3,(H,15,16,17). The van der Waals surface area contributed by atoms with Gasteiger partial charge in [-0.15, -0.1) is 5.10 Å². The Bertz CT molecular complexity index is 529. The predicted molar refractivity (Wildman–Crippen MR) is 76.6 cm³/mol. The lowest BCUT2D eigenvalue weighted by Gasteiger charge is -2.16. The van der Waals surface area contributed by atoms with Crippen LogP contribution in [0.2, 0.25) is 0 Å². The average Bonchev–Trinajstić information content (AvgIpc) is 2.85. The molecule has 2 aromatic rings. The van der Waals surface area contributed by atoms with E-state index in [2.05, 4.69) is 26.6 Å². The lowest BCUT2D eigenvalue weighted by Crippen LogP contribution is -2.18.